The van der Waals surface area contributed by atoms with Crippen LogP contribution in [-0.4, -0.2) is 53.4 Å². The van der Waals surface area contributed by atoms with Crippen molar-refractivity contribution in [1.29, 1.82) is 0 Å². The molecule has 11 heteroatoms. The minimum absolute atomic E-state index is 0.0962. The number of imidazole rings is 1. The lowest BCUT2D eigenvalue weighted by molar-refractivity contribution is -0.388. The molecular weight excluding hydrogens is 353 g/mol. The molecule has 0 amide bonds. The molecular formula is C14H16FN5O4S. The Bertz CT molecular complexity index is 906. The van der Waals surface area contributed by atoms with Crippen molar-refractivity contribution in [2.45, 2.75) is 4.90 Å². The predicted molar refractivity (Wildman–Crippen MR) is 87.2 cm³/mol. The number of hydrogen-bond acceptors (Lipinski definition) is 6. The van der Waals surface area contributed by atoms with Crippen LogP contribution in [0.15, 0.2) is 35.5 Å². The highest BCUT2D eigenvalue weighted by molar-refractivity contribution is 7.89. The molecule has 1 aromatic carbocycles. The maximum atomic E-state index is 13.8. The van der Waals surface area contributed by atoms with Crippen molar-refractivity contribution < 1.29 is 17.7 Å². The molecule has 2 aromatic rings. The van der Waals surface area contributed by atoms with E-state index in [2.05, 4.69) is 4.98 Å². The monoisotopic (exact) mass is 369 g/mol. The Hall–Kier alpha value is -2.53. The number of aryl methyl sites for hydroxylation is 1. The summed E-state index contributed by atoms with van der Waals surface area (Å²) in [5.74, 6) is -0.743. The smallest absolute Gasteiger partial charge is 0.358 e. The second kappa shape index (κ2) is 6.41. The van der Waals surface area contributed by atoms with Crippen LogP contribution in [0.4, 0.5) is 16.0 Å². The molecule has 1 aliphatic heterocycles. The number of nitro groups is 1. The molecule has 0 bridgehead atoms. The number of nitrogens with zero attached hydrogens (tertiary/aromatic N) is 5. The predicted octanol–water partition coefficient (Wildman–Crippen LogP) is 0.978. The molecule has 1 fully saturated rings. The van der Waals surface area contributed by atoms with E-state index in [1.165, 1.54) is 33.4 Å². The number of anilines is 1. The van der Waals surface area contributed by atoms with Crippen molar-refractivity contribution >= 4 is 21.7 Å². The van der Waals surface area contributed by atoms with E-state index in [1.807, 2.05) is 0 Å². The summed E-state index contributed by atoms with van der Waals surface area (Å²) in [5, 5.41) is 11.1. The molecule has 134 valence electrons. The second-order valence-electron chi connectivity index (χ2n) is 5.58. The highest BCUT2D eigenvalue weighted by Crippen LogP contribution is 2.28. The Labute approximate surface area is 143 Å². The molecule has 1 aromatic heterocycles. The molecule has 2 heterocycles. The SMILES string of the molecule is Cn1cnc([N+](=O)[O-])c1N1CCN(S(=O)(=O)c2ccccc2F)CC1. The van der Waals surface area contributed by atoms with Crippen molar-refractivity contribution in [2.75, 3.05) is 31.1 Å². The van der Waals surface area contributed by atoms with Crippen LogP contribution < -0.4 is 4.90 Å². The fourth-order valence-electron chi connectivity index (χ4n) is 2.84. The van der Waals surface area contributed by atoms with Gasteiger partial charge in [-0.05, 0) is 22.0 Å². The van der Waals surface area contributed by atoms with Gasteiger partial charge in [0.2, 0.25) is 22.2 Å². The second-order valence-corrected chi connectivity index (χ2v) is 7.49. The van der Waals surface area contributed by atoms with E-state index in [1.54, 1.807) is 11.9 Å². The fourth-order valence-corrected chi connectivity index (χ4v) is 4.33. The zero-order valence-corrected chi connectivity index (χ0v) is 14.2. The van der Waals surface area contributed by atoms with Gasteiger partial charge in [0, 0.05) is 33.2 Å². The van der Waals surface area contributed by atoms with Gasteiger partial charge in [0.15, 0.2) is 0 Å². The molecule has 0 saturated carbocycles. The van der Waals surface area contributed by atoms with E-state index < -0.39 is 20.8 Å². The number of hydrogen-bond donors (Lipinski definition) is 0. The van der Waals surface area contributed by atoms with Crippen LogP contribution in [0.5, 0.6) is 0 Å². The van der Waals surface area contributed by atoms with Crippen LogP contribution in [0.1, 0.15) is 0 Å². The normalized spacial score (nSPS) is 16.2. The molecule has 0 unspecified atom stereocenters. The fraction of sp³-hybridized carbons (Fsp3) is 0.357. The summed E-state index contributed by atoms with van der Waals surface area (Å²) in [4.78, 5) is 15.6. The van der Waals surface area contributed by atoms with Gasteiger partial charge in [0.25, 0.3) is 0 Å². The summed E-state index contributed by atoms with van der Waals surface area (Å²) in [5.41, 5.74) is 0. The maximum Gasteiger partial charge on any atom is 0.406 e. The lowest BCUT2D eigenvalue weighted by atomic mass is 10.3. The van der Waals surface area contributed by atoms with Crippen molar-refractivity contribution in [1.82, 2.24) is 13.9 Å². The van der Waals surface area contributed by atoms with E-state index in [0.29, 0.717) is 5.82 Å². The topological polar surface area (TPSA) is 102 Å². The van der Waals surface area contributed by atoms with Crippen molar-refractivity contribution in [3.8, 4) is 0 Å². The van der Waals surface area contributed by atoms with Gasteiger partial charge in [-0.15, -0.1) is 0 Å². The van der Waals surface area contributed by atoms with Crippen molar-refractivity contribution in [3.63, 3.8) is 0 Å². The lowest BCUT2D eigenvalue weighted by Crippen LogP contribution is -2.49. The number of rotatable bonds is 4. The molecule has 1 aliphatic rings. The number of aromatic nitrogens is 2. The highest BCUT2D eigenvalue weighted by atomic mass is 32.2. The zero-order chi connectivity index (χ0) is 18.2. The van der Waals surface area contributed by atoms with Gasteiger partial charge in [-0.1, -0.05) is 12.1 Å². The van der Waals surface area contributed by atoms with Gasteiger partial charge in [0.1, 0.15) is 10.7 Å². The summed E-state index contributed by atoms with van der Waals surface area (Å²) in [6.07, 6.45) is 1.34. The number of piperazine rings is 1. The Balaban J connectivity index is 1.80. The van der Waals surface area contributed by atoms with E-state index >= 15 is 0 Å². The molecule has 3 rings (SSSR count). The first-order valence-corrected chi connectivity index (χ1v) is 8.91. The van der Waals surface area contributed by atoms with Crippen LogP contribution in [-0.2, 0) is 17.1 Å². The molecule has 1 saturated heterocycles. The highest BCUT2D eigenvalue weighted by Gasteiger charge is 2.33. The molecule has 0 radical (unpaired) electrons. The molecule has 9 nitrogen and oxygen atoms in total. The van der Waals surface area contributed by atoms with Gasteiger partial charge >= 0.3 is 5.82 Å². The average Bonchev–Trinajstić information content (AvgIpc) is 2.97. The van der Waals surface area contributed by atoms with Crippen LogP contribution in [0.2, 0.25) is 0 Å². The van der Waals surface area contributed by atoms with Crippen LogP contribution in [0.3, 0.4) is 0 Å². The van der Waals surface area contributed by atoms with Gasteiger partial charge in [-0.3, -0.25) is 4.57 Å². The Morgan fingerprint density at radius 1 is 1.20 bits per heavy atom. The summed E-state index contributed by atoms with van der Waals surface area (Å²) < 4.78 is 41.7. The summed E-state index contributed by atoms with van der Waals surface area (Å²) in [6, 6.07) is 5.21. The van der Waals surface area contributed by atoms with E-state index in [-0.39, 0.29) is 36.9 Å². The van der Waals surface area contributed by atoms with Crippen LogP contribution in [0.25, 0.3) is 0 Å². The summed E-state index contributed by atoms with van der Waals surface area (Å²) in [6.45, 7) is 0.681. The third-order valence-corrected chi connectivity index (χ3v) is 5.98. The third kappa shape index (κ3) is 3.07. The first-order chi connectivity index (χ1) is 11.8. The molecule has 25 heavy (non-hydrogen) atoms. The minimum Gasteiger partial charge on any atom is -0.358 e. The third-order valence-electron chi connectivity index (χ3n) is 4.05. The van der Waals surface area contributed by atoms with Crippen LogP contribution in [0, 0.1) is 15.9 Å². The van der Waals surface area contributed by atoms with Crippen molar-refractivity contribution in [3.05, 3.63) is 46.5 Å². The standard InChI is InChI=1S/C14H16FN5O4S/c1-17-10-16-13(20(21)22)14(17)18-6-8-19(9-7-18)25(23,24)12-5-3-2-4-11(12)15/h2-5,10H,6-9H2,1H3. The Morgan fingerprint density at radius 2 is 1.84 bits per heavy atom. The van der Waals surface area contributed by atoms with Crippen LogP contribution >= 0.6 is 0 Å². The van der Waals surface area contributed by atoms with E-state index in [4.69, 9.17) is 0 Å². The number of halogens is 1. The summed E-state index contributed by atoms with van der Waals surface area (Å²) >= 11 is 0. The number of benzene rings is 1. The average molecular weight is 369 g/mol. The van der Waals surface area contributed by atoms with Gasteiger partial charge in [-0.25, -0.2) is 12.8 Å². The van der Waals surface area contributed by atoms with Crippen molar-refractivity contribution in [2.24, 2.45) is 7.05 Å². The first kappa shape index (κ1) is 17.3. The van der Waals surface area contributed by atoms with E-state index in [9.17, 15) is 22.9 Å². The number of sulfonamides is 1. The molecule has 0 aliphatic carbocycles. The quantitative estimate of drug-likeness (QED) is 0.588. The minimum atomic E-state index is -3.95. The first-order valence-electron chi connectivity index (χ1n) is 7.47. The lowest BCUT2D eigenvalue weighted by Gasteiger charge is -2.34. The zero-order valence-electron chi connectivity index (χ0n) is 13.4. The largest absolute Gasteiger partial charge is 0.406 e. The summed E-state index contributed by atoms with van der Waals surface area (Å²) in [7, 11) is -2.31. The Morgan fingerprint density at radius 3 is 2.44 bits per heavy atom. The Kier molecular flexibility index (Phi) is 4.43. The molecule has 0 spiro atoms. The van der Waals surface area contributed by atoms with Gasteiger partial charge in [-0.2, -0.15) is 4.31 Å². The van der Waals surface area contributed by atoms with Gasteiger partial charge < -0.3 is 15.0 Å². The molecule has 0 atom stereocenters. The van der Waals surface area contributed by atoms with Gasteiger partial charge in [0.05, 0.1) is 0 Å². The maximum absolute atomic E-state index is 13.8. The molecule has 0 N–H and O–H groups in total. The van der Waals surface area contributed by atoms with E-state index in [0.717, 1.165) is 6.07 Å².